The highest BCUT2D eigenvalue weighted by Crippen LogP contribution is 2.22. The molecule has 0 rings (SSSR count). The van der Waals surface area contributed by atoms with Gasteiger partial charge in [0.2, 0.25) is 0 Å². The minimum atomic E-state index is -0.172. The van der Waals surface area contributed by atoms with Crippen LogP contribution >= 0.6 is 0 Å². The Bertz CT molecular complexity index is 147. The molecule has 0 aromatic rings. The van der Waals surface area contributed by atoms with Crippen molar-refractivity contribution < 1.29 is 4.74 Å². The first-order valence-electron chi connectivity index (χ1n) is 5.10. The average Bonchev–Trinajstić information content (AvgIpc) is 1.82. The fourth-order valence-electron chi connectivity index (χ4n) is 1.43. The third kappa shape index (κ3) is 5.27. The van der Waals surface area contributed by atoms with Crippen molar-refractivity contribution in [3.05, 3.63) is 0 Å². The van der Waals surface area contributed by atoms with E-state index < -0.39 is 0 Å². The van der Waals surface area contributed by atoms with Crippen LogP contribution in [-0.4, -0.2) is 29.8 Å². The van der Waals surface area contributed by atoms with E-state index in [2.05, 4.69) is 53.5 Å². The molecule has 2 heteroatoms. The molecule has 0 spiro atoms. The zero-order valence-electron chi connectivity index (χ0n) is 10.3. The lowest BCUT2D eigenvalue weighted by molar-refractivity contribution is -0.185. The van der Waals surface area contributed by atoms with Crippen LogP contribution in [0.25, 0.3) is 0 Å². The summed E-state index contributed by atoms with van der Waals surface area (Å²) in [5, 5.41) is 0. The topological polar surface area (TPSA) is 12.5 Å². The van der Waals surface area contributed by atoms with Crippen molar-refractivity contribution in [2.45, 2.75) is 59.3 Å². The van der Waals surface area contributed by atoms with E-state index in [0.29, 0.717) is 0 Å². The van der Waals surface area contributed by atoms with Crippen LogP contribution in [0.15, 0.2) is 0 Å². The molecule has 0 saturated heterocycles. The molecular formula is C11H25NO. The lowest BCUT2D eigenvalue weighted by Crippen LogP contribution is -2.48. The minimum Gasteiger partial charge on any atom is -0.355 e. The van der Waals surface area contributed by atoms with Gasteiger partial charge in [0.05, 0.1) is 5.60 Å². The van der Waals surface area contributed by atoms with Crippen molar-refractivity contribution in [2.75, 3.05) is 13.6 Å². The first-order valence-corrected chi connectivity index (χ1v) is 5.10. The van der Waals surface area contributed by atoms with E-state index >= 15 is 0 Å². The van der Waals surface area contributed by atoms with Gasteiger partial charge in [-0.3, -0.25) is 4.90 Å². The van der Waals surface area contributed by atoms with E-state index in [1.807, 2.05) is 0 Å². The van der Waals surface area contributed by atoms with E-state index in [0.717, 1.165) is 13.0 Å². The summed E-state index contributed by atoms with van der Waals surface area (Å²) < 4.78 is 5.97. The highest BCUT2D eigenvalue weighted by atomic mass is 16.5. The molecule has 0 aliphatic rings. The Balaban J connectivity index is 4.21. The summed E-state index contributed by atoms with van der Waals surface area (Å²) in [6.45, 7) is 13.8. The zero-order chi connectivity index (χ0) is 10.7. The van der Waals surface area contributed by atoms with Crippen LogP contribution in [0.4, 0.5) is 0 Å². The van der Waals surface area contributed by atoms with Crippen LogP contribution < -0.4 is 0 Å². The Labute approximate surface area is 83.3 Å². The summed E-state index contributed by atoms with van der Waals surface area (Å²) in [6, 6.07) is 0. The predicted molar refractivity (Wildman–Crippen MR) is 57.8 cm³/mol. The monoisotopic (exact) mass is 187 g/mol. The van der Waals surface area contributed by atoms with Gasteiger partial charge in [0, 0.05) is 6.54 Å². The molecule has 2 nitrogen and oxygen atoms in total. The highest BCUT2D eigenvalue weighted by molar-refractivity contribution is 4.73. The summed E-state index contributed by atoms with van der Waals surface area (Å²) >= 11 is 0. The first kappa shape index (κ1) is 12.9. The van der Waals surface area contributed by atoms with E-state index in [-0.39, 0.29) is 11.3 Å². The van der Waals surface area contributed by atoms with E-state index in [1.54, 1.807) is 0 Å². The standard InChI is InChI=1S/C11H25NO/c1-8-9-12(7)11(5,6)13-10(2,3)4/h8-9H2,1-7H3. The second-order valence-corrected chi connectivity index (χ2v) is 5.08. The molecule has 0 unspecified atom stereocenters. The van der Waals surface area contributed by atoms with E-state index in [4.69, 9.17) is 4.74 Å². The largest absolute Gasteiger partial charge is 0.355 e. The Morgan fingerprint density at radius 1 is 1.08 bits per heavy atom. The van der Waals surface area contributed by atoms with Crippen molar-refractivity contribution in [3.8, 4) is 0 Å². The lowest BCUT2D eigenvalue weighted by Gasteiger charge is -2.40. The normalized spacial score (nSPS) is 13.8. The summed E-state index contributed by atoms with van der Waals surface area (Å²) in [4.78, 5) is 2.25. The van der Waals surface area contributed by atoms with Gasteiger partial charge in [-0.1, -0.05) is 6.92 Å². The molecule has 0 aromatic heterocycles. The van der Waals surface area contributed by atoms with Crippen LogP contribution in [0.3, 0.4) is 0 Å². The summed E-state index contributed by atoms with van der Waals surface area (Å²) in [7, 11) is 2.11. The van der Waals surface area contributed by atoms with Crippen molar-refractivity contribution in [3.63, 3.8) is 0 Å². The fraction of sp³-hybridized carbons (Fsp3) is 1.00. The third-order valence-corrected chi connectivity index (χ3v) is 2.03. The van der Waals surface area contributed by atoms with Crippen molar-refractivity contribution in [1.82, 2.24) is 4.90 Å². The van der Waals surface area contributed by atoms with Gasteiger partial charge in [-0.05, 0) is 48.1 Å². The number of nitrogens with zero attached hydrogens (tertiary/aromatic N) is 1. The molecule has 0 radical (unpaired) electrons. The van der Waals surface area contributed by atoms with Gasteiger partial charge in [-0.15, -0.1) is 0 Å². The molecule has 0 aliphatic heterocycles. The van der Waals surface area contributed by atoms with Crippen LogP contribution in [0.2, 0.25) is 0 Å². The van der Waals surface area contributed by atoms with Gasteiger partial charge in [-0.2, -0.15) is 0 Å². The summed E-state index contributed by atoms with van der Waals surface area (Å²) in [6.07, 6.45) is 1.16. The highest BCUT2D eigenvalue weighted by Gasteiger charge is 2.28. The molecule has 80 valence electrons. The smallest absolute Gasteiger partial charge is 0.116 e. The van der Waals surface area contributed by atoms with Crippen LogP contribution in [0.1, 0.15) is 48.0 Å². The summed E-state index contributed by atoms with van der Waals surface area (Å²) in [5.74, 6) is 0. The maximum absolute atomic E-state index is 5.97. The molecule has 0 aliphatic carbocycles. The van der Waals surface area contributed by atoms with E-state index in [1.165, 1.54) is 0 Å². The number of hydrogen-bond acceptors (Lipinski definition) is 2. The van der Waals surface area contributed by atoms with Gasteiger partial charge in [-0.25, -0.2) is 0 Å². The fourth-order valence-corrected chi connectivity index (χ4v) is 1.43. The molecule has 0 aromatic carbocycles. The Morgan fingerprint density at radius 3 is 1.85 bits per heavy atom. The van der Waals surface area contributed by atoms with Crippen molar-refractivity contribution in [1.29, 1.82) is 0 Å². The second-order valence-electron chi connectivity index (χ2n) is 5.08. The first-order chi connectivity index (χ1) is 5.69. The van der Waals surface area contributed by atoms with Gasteiger partial charge in [0.1, 0.15) is 5.72 Å². The zero-order valence-corrected chi connectivity index (χ0v) is 10.3. The number of ether oxygens (including phenoxy) is 1. The van der Waals surface area contributed by atoms with Crippen LogP contribution in [-0.2, 0) is 4.74 Å². The van der Waals surface area contributed by atoms with E-state index in [9.17, 15) is 0 Å². The maximum atomic E-state index is 5.97. The maximum Gasteiger partial charge on any atom is 0.116 e. The number of rotatable bonds is 4. The van der Waals surface area contributed by atoms with Crippen molar-refractivity contribution in [2.24, 2.45) is 0 Å². The molecule has 0 amide bonds. The van der Waals surface area contributed by atoms with Gasteiger partial charge < -0.3 is 4.74 Å². The number of hydrogen-bond donors (Lipinski definition) is 0. The SMILES string of the molecule is CCCN(C)C(C)(C)OC(C)(C)C. The molecule has 13 heavy (non-hydrogen) atoms. The molecule has 0 bridgehead atoms. The second kappa shape index (κ2) is 4.43. The molecule has 0 saturated carbocycles. The Kier molecular flexibility index (Phi) is 4.40. The van der Waals surface area contributed by atoms with Gasteiger partial charge in [0.15, 0.2) is 0 Å². The Hall–Kier alpha value is -0.0800. The van der Waals surface area contributed by atoms with Crippen molar-refractivity contribution >= 4 is 0 Å². The van der Waals surface area contributed by atoms with Gasteiger partial charge >= 0.3 is 0 Å². The average molecular weight is 187 g/mol. The molecular weight excluding hydrogens is 162 g/mol. The summed E-state index contributed by atoms with van der Waals surface area (Å²) in [5.41, 5.74) is -0.250. The molecule has 0 atom stereocenters. The lowest BCUT2D eigenvalue weighted by atomic mass is 10.1. The van der Waals surface area contributed by atoms with Crippen LogP contribution in [0, 0.1) is 0 Å². The Morgan fingerprint density at radius 2 is 1.54 bits per heavy atom. The molecule has 0 N–H and O–H groups in total. The van der Waals surface area contributed by atoms with Gasteiger partial charge in [0.25, 0.3) is 0 Å². The molecule has 0 heterocycles. The predicted octanol–water partition coefficient (Wildman–Crippen LogP) is 2.88. The minimum absolute atomic E-state index is 0.0779. The molecule has 0 fully saturated rings. The third-order valence-electron chi connectivity index (χ3n) is 2.03. The quantitative estimate of drug-likeness (QED) is 0.627. The van der Waals surface area contributed by atoms with Crippen LogP contribution in [0.5, 0.6) is 0 Å².